The number of nitrogens with zero attached hydrogens (tertiary/aromatic N) is 1. The van der Waals surface area contributed by atoms with Gasteiger partial charge in [0.2, 0.25) is 11.5 Å². The molecule has 0 saturated carbocycles. The molecule has 150 valence electrons. The second kappa shape index (κ2) is 6.93. The highest BCUT2D eigenvalue weighted by molar-refractivity contribution is 6.16. The Hall–Kier alpha value is -3.33. The van der Waals surface area contributed by atoms with Crippen LogP contribution in [0, 0.1) is 11.6 Å². The van der Waals surface area contributed by atoms with Crippen LogP contribution in [-0.2, 0) is 27.3 Å². The van der Waals surface area contributed by atoms with Gasteiger partial charge in [0.05, 0.1) is 6.42 Å². The lowest BCUT2D eigenvalue weighted by molar-refractivity contribution is -0.149. The maximum absolute atomic E-state index is 13.3. The van der Waals surface area contributed by atoms with Gasteiger partial charge in [0, 0.05) is 37.0 Å². The van der Waals surface area contributed by atoms with Crippen molar-refractivity contribution in [2.45, 2.75) is 25.0 Å². The SMILES string of the molecule is O=C1Cc2cc(N3CC[C@](O)(C(=O)NCc4cc(F)cc(F)c4)C3=O)ccc2N1. The Kier molecular flexibility index (Phi) is 4.54. The standard InChI is InChI=1S/C20H17F2N3O4/c21-13-5-11(6-14(22)9-13)10-23-18(27)20(29)3-4-25(19(20)28)15-1-2-16-12(7-15)8-17(26)24-16/h1-2,5-7,9,29H,3-4,8,10H2,(H,23,27)(H,24,26)/t20-/m0/s1. The zero-order valence-electron chi connectivity index (χ0n) is 15.2. The normalized spacial score (nSPS) is 20.6. The molecule has 0 bridgehead atoms. The number of amides is 3. The summed E-state index contributed by atoms with van der Waals surface area (Å²) in [7, 11) is 0. The second-order valence-corrected chi connectivity index (χ2v) is 7.09. The Morgan fingerprint density at radius 3 is 2.62 bits per heavy atom. The number of hydrogen-bond donors (Lipinski definition) is 3. The van der Waals surface area contributed by atoms with Gasteiger partial charge in [-0.05, 0) is 41.5 Å². The molecular weight excluding hydrogens is 384 g/mol. The fourth-order valence-electron chi connectivity index (χ4n) is 3.59. The number of rotatable bonds is 4. The molecule has 0 radical (unpaired) electrons. The van der Waals surface area contributed by atoms with Crippen LogP contribution in [0.15, 0.2) is 36.4 Å². The third kappa shape index (κ3) is 3.44. The zero-order valence-corrected chi connectivity index (χ0v) is 15.2. The van der Waals surface area contributed by atoms with Gasteiger partial charge >= 0.3 is 0 Å². The van der Waals surface area contributed by atoms with Gasteiger partial charge in [0.25, 0.3) is 11.8 Å². The van der Waals surface area contributed by atoms with Crippen molar-refractivity contribution < 1.29 is 28.3 Å². The van der Waals surface area contributed by atoms with Crippen LogP contribution in [0.5, 0.6) is 0 Å². The predicted molar refractivity (Wildman–Crippen MR) is 98.9 cm³/mol. The van der Waals surface area contributed by atoms with Gasteiger partial charge in [-0.1, -0.05) is 0 Å². The Bertz CT molecular complexity index is 1020. The lowest BCUT2D eigenvalue weighted by Gasteiger charge is -2.22. The van der Waals surface area contributed by atoms with Crippen LogP contribution in [0.2, 0.25) is 0 Å². The van der Waals surface area contributed by atoms with E-state index in [0.717, 1.165) is 17.7 Å². The van der Waals surface area contributed by atoms with Gasteiger partial charge in [-0.2, -0.15) is 0 Å². The molecule has 29 heavy (non-hydrogen) atoms. The first-order chi connectivity index (χ1) is 13.8. The van der Waals surface area contributed by atoms with Crippen molar-refractivity contribution in [2.24, 2.45) is 0 Å². The summed E-state index contributed by atoms with van der Waals surface area (Å²) >= 11 is 0. The molecule has 0 spiro atoms. The number of fused-ring (bicyclic) bond motifs is 1. The molecule has 0 unspecified atom stereocenters. The fraction of sp³-hybridized carbons (Fsp3) is 0.250. The van der Waals surface area contributed by atoms with Crippen LogP contribution in [0.1, 0.15) is 17.5 Å². The summed E-state index contributed by atoms with van der Waals surface area (Å²) in [4.78, 5) is 38.0. The van der Waals surface area contributed by atoms with Crippen LogP contribution in [0.25, 0.3) is 0 Å². The van der Waals surface area contributed by atoms with E-state index in [0.29, 0.717) is 17.4 Å². The van der Waals surface area contributed by atoms with Crippen molar-refractivity contribution in [3.8, 4) is 0 Å². The molecule has 4 rings (SSSR count). The summed E-state index contributed by atoms with van der Waals surface area (Å²) in [5.74, 6) is -3.46. The molecule has 2 heterocycles. The highest BCUT2D eigenvalue weighted by Crippen LogP contribution is 2.33. The Labute approximate surface area is 164 Å². The van der Waals surface area contributed by atoms with Gasteiger partial charge in [-0.15, -0.1) is 0 Å². The molecule has 1 saturated heterocycles. The van der Waals surface area contributed by atoms with Crippen molar-refractivity contribution >= 4 is 29.1 Å². The summed E-state index contributed by atoms with van der Waals surface area (Å²) in [5, 5.41) is 15.7. The van der Waals surface area contributed by atoms with Crippen molar-refractivity contribution in [3.63, 3.8) is 0 Å². The molecule has 2 aromatic carbocycles. The second-order valence-electron chi connectivity index (χ2n) is 7.09. The van der Waals surface area contributed by atoms with Gasteiger partial charge in [0.15, 0.2) is 0 Å². The molecular formula is C20H17F2N3O4. The van der Waals surface area contributed by atoms with Crippen molar-refractivity contribution in [1.29, 1.82) is 0 Å². The average Bonchev–Trinajstić information content (AvgIpc) is 3.18. The van der Waals surface area contributed by atoms with Crippen LogP contribution in [0.4, 0.5) is 20.2 Å². The van der Waals surface area contributed by atoms with E-state index in [9.17, 15) is 28.3 Å². The quantitative estimate of drug-likeness (QED) is 0.672. The minimum atomic E-state index is -2.28. The number of hydrogen-bond acceptors (Lipinski definition) is 4. The van der Waals surface area contributed by atoms with Crippen LogP contribution in [0.3, 0.4) is 0 Å². The number of benzene rings is 2. The number of aliphatic hydroxyl groups is 1. The van der Waals surface area contributed by atoms with Crippen LogP contribution < -0.4 is 15.5 Å². The molecule has 3 N–H and O–H groups in total. The van der Waals surface area contributed by atoms with E-state index in [1.165, 1.54) is 4.90 Å². The van der Waals surface area contributed by atoms with E-state index in [-0.39, 0.29) is 37.4 Å². The van der Waals surface area contributed by atoms with E-state index in [4.69, 9.17) is 0 Å². The van der Waals surface area contributed by atoms with E-state index in [2.05, 4.69) is 10.6 Å². The highest BCUT2D eigenvalue weighted by atomic mass is 19.1. The minimum absolute atomic E-state index is 0.109. The maximum Gasteiger partial charge on any atom is 0.268 e. The van der Waals surface area contributed by atoms with E-state index in [1.54, 1.807) is 18.2 Å². The molecule has 3 amide bonds. The molecule has 2 aromatic rings. The Morgan fingerprint density at radius 1 is 1.17 bits per heavy atom. The summed E-state index contributed by atoms with van der Waals surface area (Å²) < 4.78 is 26.5. The van der Waals surface area contributed by atoms with Crippen LogP contribution in [-0.4, -0.2) is 35.0 Å². The van der Waals surface area contributed by atoms with Crippen molar-refractivity contribution in [3.05, 3.63) is 59.2 Å². The van der Waals surface area contributed by atoms with E-state index < -0.39 is 29.0 Å². The topological polar surface area (TPSA) is 98.7 Å². The lowest BCUT2D eigenvalue weighted by Crippen LogP contribution is -2.52. The largest absolute Gasteiger partial charge is 0.372 e. The Morgan fingerprint density at radius 2 is 1.90 bits per heavy atom. The molecule has 9 heteroatoms. The Balaban J connectivity index is 1.47. The predicted octanol–water partition coefficient (Wildman–Crippen LogP) is 1.24. The van der Waals surface area contributed by atoms with Crippen molar-refractivity contribution in [2.75, 3.05) is 16.8 Å². The molecule has 1 fully saturated rings. The zero-order chi connectivity index (χ0) is 20.8. The monoisotopic (exact) mass is 401 g/mol. The molecule has 7 nitrogen and oxygen atoms in total. The number of nitrogens with one attached hydrogen (secondary N) is 2. The van der Waals surface area contributed by atoms with Crippen molar-refractivity contribution in [1.82, 2.24) is 5.32 Å². The fourth-order valence-corrected chi connectivity index (χ4v) is 3.59. The summed E-state index contributed by atoms with van der Waals surface area (Å²) in [6.07, 6.45) is 0.0591. The molecule has 1 atom stereocenters. The smallest absolute Gasteiger partial charge is 0.268 e. The summed E-state index contributed by atoms with van der Waals surface area (Å²) in [5.41, 5.74) is -0.244. The van der Waals surface area contributed by atoms with Gasteiger partial charge in [0.1, 0.15) is 11.6 Å². The first-order valence-electron chi connectivity index (χ1n) is 8.97. The number of halogens is 2. The first kappa shape index (κ1) is 19.0. The van der Waals surface area contributed by atoms with Crippen LogP contribution >= 0.6 is 0 Å². The number of carbonyl (C=O) groups is 3. The molecule has 0 aromatic heterocycles. The first-order valence-corrected chi connectivity index (χ1v) is 8.97. The van der Waals surface area contributed by atoms with Gasteiger partial charge < -0.3 is 20.6 Å². The maximum atomic E-state index is 13.3. The molecule has 0 aliphatic carbocycles. The summed E-state index contributed by atoms with van der Waals surface area (Å²) in [6, 6.07) is 7.77. The highest BCUT2D eigenvalue weighted by Gasteiger charge is 2.51. The number of anilines is 2. The minimum Gasteiger partial charge on any atom is -0.372 e. The number of carbonyl (C=O) groups excluding carboxylic acids is 3. The lowest BCUT2D eigenvalue weighted by atomic mass is 10.0. The third-order valence-electron chi connectivity index (χ3n) is 5.07. The third-order valence-corrected chi connectivity index (χ3v) is 5.07. The summed E-state index contributed by atoms with van der Waals surface area (Å²) in [6.45, 7) is -0.132. The van der Waals surface area contributed by atoms with Gasteiger partial charge in [-0.3, -0.25) is 14.4 Å². The molecule has 2 aliphatic heterocycles. The average molecular weight is 401 g/mol. The molecule has 2 aliphatic rings. The van der Waals surface area contributed by atoms with E-state index >= 15 is 0 Å². The van der Waals surface area contributed by atoms with Gasteiger partial charge in [-0.25, -0.2) is 8.78 Å². The van der Waals surface area contributed by atoms with E-state index in [1.807, 2.05) is 0 Å².